The van der Waals surface area contributed by atoms with Gasteiger partial charge in [-0.1, -0.05) is 35.3 Å². The SMILES string of the molecule is O=C1S/C(=C\c2ccc(O)cc2)C(=O)N1c1ccc(Cl)c(Cl)c1. The molecule has 0 saturated carbocycles. The molecular formula is C16H9Cl2NO3S. The summed E-state index contributed by atoms with van der Waals surface area (Å²) < 4.78 is 0. The molecule has 1 saturated heterocycles. The van der Waals surface area contributed by atoms with Gasteiger partial charge < -0.3 is 5.11 Å². The maximum Gasteiger partial charge on any atom is 0.298 e. The summed E-state index contributed by atoms with van der Waals surface area (Å²) in [4.78, 5) is 26.0. The van der Waals surface area contributed by atoms with Crippen LogP contribution < -0.4 is 4.90 Å². The number of thioether (sulfide) groups is 1. The molecule has 0 unspecified atom stereocenters. The maximum absolute atomic E-state index is 12.5. The molecule has 7 heteroatoms. The van der Waals surface area contributed by atoms with Crippen LogP contribution in [0.3, 0.4) is 0 Å². The molecule has 2 aromatic rings. The molecule has 23 heavy (non-hydrogen) atoms. The van der Waals surface area contributed by atoms with Crippen molar-refractivity contribution >= 4 is 57.9 Å². The average Bonchev–Trinajstić information content (AvgIpc) is 2.79. The van der Waals surface area contributed by atoms with E-state index < -0.39 is 11.1 Å². The number of hydrogen-bond acceptors (Lipinski definition) is 4. The fourth-order valence-corrected chi connectivity index (χ4v) is 3.17. The second-order valence-corrected chi connectivity index (χ2v) is 6.51. The van der Waals surface area contributed by atoms with Crippen molar-refractivity contribution in [3.05, 3.63) is 63.0 Å². The van der Waals surface area contributed by atoms with Crippen LogP contribution in [0, 0.1) is 0 Å². The van der Waals surface area contributed by atoms with E-state index in [1.165, 1.54) is 24.3 Å². The monoisotopic (exact) mass is 365 g/mol. The number of anilines is 1. The van der Waals surface area contributed by atoms with Crippen molar-refractivity contribution in [1.29, 1.82) is 0 Å². The number of phenols is 1. The van der Waals surface area contributed by atoms with Crippen molar-refractivity contribution in [3.8, 4) is 5.75 Å². The van der Waals surface area contributed by atoms with Crippen LogP contribution in [0.4, 0.5) is 10.5 Å². The van der Waals surface area contributed by atoms with Gasteiger partial charge in [-0.15, -0.1) is 0 Å². The number of imide groups is 1. The molecule has 1 aliphatic heterocycles. The number of carbonyl (C=O) groups excluding carboxylic acids is 2. The van der Waals surface area contributed by atoms with Crippen LogP contribution in [-0.2, 0) is 4.79 Å². The minimum atomic E-state index is -0.425. The van der Waals surface area contributed by atoms with Crippen LogP contribution in [0.25, 0.3) is 6.08 Å². The molecule has 0 aliphatic carbocycles. The Labute approximate surface area is 146 Å². The van der Waals surface area contributed by atoms with Gasteiger partial charge in [0.15, 0.2) is 0 Å². The summed E-state index contributed by atoms with van der Waals surface area (Å²) in [5, 5.41) is 9.49. The Hall–Kier alpha value is -1.95. The third kappa shape index (κ3) is 3.22. The molecule has 0 spiro atoms. The van der Waals surface area contributed by atoms with Crippen LogP contribution in [-0.4, -0.2) is 16.3 Å². The Morgan fingerprint density at radius 1 is 1.00 bits per heavy atom. The van der Waals surface area contributed by atoms with Crippen molar-refractivity contribution in [1.82, 2.24) is 0 Å². The van der Waals surface area contributed by atoms with Crippen LogP contribution in [0.2, 0.25) is 10.0 Å². The Bertz CT molecular complexity index is 834. The van der Waals surface area contributed by atoms with Gasteiger partial charge >= 0.3 is 0 Å². The summed E-state index contributed by atoms with van der Waals surface area (Å²) in [5.41, 5.74) is 1.08. The first-order valence-corrected chi connectivity index (χ1v) is 8.05. The summed E-state index contributed by atoms with van der Waals surface area (Å²) >= 11 is 12.6. The van der Waals surface area contributed by atoms with E-state index in [4.69, 9.17) is 23.2 Å². The van der Waals surface area contributed by atoms with Crippen LogP contribution in [0.5, 0.6) is 5.75 Å². The molecule has 0 radical (unpaired) electrons. The topological polar surface area (TPSA) is 57.6 Å². The molecule has 0 bridgehead atoms. The van der Waals surface area contributed by atoms with Crippen LogP contribution >= 0.6 is 35.0 Å². The molecule has 1 N–H and O–H groups in total. The standard InChI is InChI=1S/C16H9Cl2NO3S/c17-12-6-3-10(8-13(12)18)19-15(21)14(23-16(19)22)7-9-1-4-11(20)5-2-9/h1-8,20H/b14-7-. The minimum Gasteiger partial charge on any atom is -0.508 e. The van der Waals surface area contributed by atoms with E-state index in [-0.39, 0.29) is 10.8 Å². The molecule has 2 aromatic carbocycles. The van der Waals surface area contributed by atoms with Crippen molar-refractivity contribution in [3.63, 3.8) is 0 Å². The minimum absolute atomic E-state index is 0.131. The second kappa shape index (κ2) is 6.28. The van der Waals surface area contributed by atoms with Gasteiger partial charge in [-0.2, -0.15) is 0 Å². The van der Waals surface area contributed by atoms with E-state index in [0.717, 1.165) is 16.7 Å². The molecule has 116 valence electrons. The first kappa shape index (κ1) is 15.9. The van der Waals surface area contributed by atoms with Gasteiger partial charge in [-0.3, -0.25) is 9.59 Å². The lowest BCUT2D eigenvalue weighted by Crippen LogP contribution is -2.27. The zero-order chi connectivity index (χ0) is 16.6. The van der Waals surface area contributed by atoms with Crippen LogP contribution in [0.15, 0.2) is 47.4 Å². The summed E-state index contributed by atoms with van der Waals surface area (Å²) in [5.74, 6) is -0.294. The lowest BCUT2D eigenvalue weighted by atomic mass is 10.2. The summed E-state index contributed by atoms with van der Waals surface area (Å²) in [6, 6.07) is 10.9. The van der Waals surface area contributed by atoms with E-state index in [1.54, 1.807) is 24.3 Å². The predicted octanol–water partition coefficient (Wildman–Crippen LogP) is 4.94. The molecular weight excluding hydrogens is 357 g/mol. The predicted molar refractivity (Wildman–Crippen MR) is 93.0 cm³/mol. The largest absolute Gasteiger partial charge is 0.508 e. The molecule has 1 fully saturated rings. The Morgan fingerprint density at radius 2 is 1.70 bits per heavy atom. The zero-order valence-electron chi connectivity index (χ0n) is 11.5. The number of carbonyl (C=O) groups is 2. The van der Waals surface area contributed by atoms with E-state index in [9.17, 15) is 14.7 Å². The Morgan fingerprint density at radius 3 is 2.35 bits per heavy atom. The zero-order valence-corrected chi connectivity index (χ0v) is 13.8. The van der Waals surface area contributed by atoms with Crippen LogP contribution in [0.1, 0.15) is 5.56 Å². The summed E-state index contributed by atoms with van der Waals surface area (Å²) in [6.07, 6.45) is 1.60. The lowest BCUT2D eigenvalue weighted by molar-refractivity contribution is -0.113. The smallest absolute Gasteiger partial charge is 0.298 e. The summed E-state index contributed by atoms with van der Waals surface area (Å²) in [6.45, 7) is 0. The highest BCUT2D eigenvalue weighted by molar-refractivity contribution is 8.19. The highest BCUT2D eigenvalue weighted by Crippen LogP contribution is 2.37. The quantitative estimate of drug-likeness (QED) is 0.765. The molecule has 1 heterocycles. The summed E-state index contributed by atoms with van der Waals surface area (Å²) in [7, 11) is 0. The van der Waals surface area contributed by atoms with Gasteiger partial charge in [0.1, 0.15) is 5.75 Å². The number of amides is 2. The number of aromatic hydroxyl groups is 1. The number of nitrogens with zero attached hydrogens (tertiary/aromatic N) is 1. The van der Waals surface area contributed by atoms with Crippen molar-refractivity contribution in [2.75, 3.05) is 4.90 Å². The third-order valence-electron chi connectivity index (χ3n) is 3.15. The van der Waals surface area contributed by atoms with Gasteiger partial charge in [-0.25, -0.2) is 4.90 Å². The number of phenolic OH excluding ortho intramolecular Hbond substituents is 1. The van der Waals surface area contributed by atoms with Gasteiger partial charge in [0.05, 0.1) is 20.6 Å². The van der Waals surface area contributed by atoms with Gasteiger partial charge in [0, 0.05) is 0 Å². The number of rotatable bonds is 2. The fourth-order valence-electron chi connectivity index (χ4n) is 2.04. The molecule has 0 aromatic heterocycles. The number of halogens is 2. The number of benzene rings is 2. The molecule has 2 amide bonds. The second-order valence-electron chi connectivity index (χ2n) is 4.71. The van der Waals surface area contributed by atoms with Crippen molar-refractivity contribution < 1.29 is 14.7 Å². The Kier molecular flexibility index (Phi) is 4.35. The van der Waals surface area contributed by atoms with E-state index in [0.29, 0.717) is 21.2 Å². The molecule has 1 aliphatic rings. The fraction of sp³-hybridized carbons (Fsp3) is 0. The highest BCUT2D eigenvalue weighted by atomic mass is 35.5. The van der Waals surface area contributed by atoms with E-state index in [1.807, 2.05) is 0 Å². The van der Waals surface area contributed by atoms with Gasteiger partial charge in [0.2, 0.25) is 0 Å². The first-order chi connectivity index (χ1) is 11.0. The Balaban J connectivity index is 1.93. The average molecular weight is 366 g/mol. The first-order valence-electron chi connectivity index (χ1n) is 6.48. The normalized spacial score (nSPS) is 16.4. The number of hydrogen-bond donors (Lipinski definition) is 1. The van der Waals surface area contributed by atoms with E-state index in [2.05, 4.69) is 0 Å². The molecule has 0 atom stereocenters. The molecule has 4 nitrogen and oxygen atoms in total. The van der Waals surface area contributed by atoms with Gasteiger partial charge in [-0.05, 0) is 53.7 Å². The van der Waals surface area contributed by atoms with Crippen molar-refractivity contribution in [2.45, 2.75) is 0 Å². The maximum atomic E-state index is 12.5. The highest BCUT2D eigenvalue weighted by Gasteiger charge is 2.36. The molecule has 3 rings (SSSR count). The van der Waals surface area contributed by atoms with E-state index >= 15 is 0 Å². The van der Waals surface area contributed by atoms with Gasteiger partial charge in [0.25, 0.3) is 11.1 Å². The van der Waals surface area contributed by atoms with Crippen molar-refractivity contribution in [2.24, 2.45) is 0 Å². The third-order valence-corrected chi connectivity index (χ3v) is 4.75. The lowest BCUT2D eigenvalue weighted by Gasteiger charge is -2.13.